The van der Waals surface area contributed by atoms with Gasteiger partial charge in [0.1, 0.15) is 22.8 Å². The van der Waals surface area contributed by atoms with Gasteiger partial charge >= 0.3 is 0 Å². The van der Waals surface area contributed by atoms with Gasteiger partial charge in [-0.3, -0.25) is 9.20 Å². The van der Waals surface area contributed by atoms with Crippen molar-refractivity contribution in [1.82, 2.24) is 8.97 Å². The van der Waals surface area contributed by atoms with Crippen LogP contribution in [-0.4, -0.2) is 29.1 Å². The van der Waals surface area contributed by atoms with Gasteiger partial charge in [0.05, 0.1) is 19.9 Å². The number of methoxy groups -OCH3 is 2. The molecular formula is C33H33N3O3. The van der Waals surface area contributed by atoms with Crippen LogP contribution < -0.4 is 14.8 Å². The molecule has 0 aliphatic carbocycles. The minimum absolute atomic E-state index is 0.131. The zero-order valence-electron chi connectivity index (χ0n) is 22.9. The Morgan fingerprint density at radius 3 is 2.15 bits per heavy atom. The van der Waals surface area contributed by atoms with Gasteiger partial charge in [0.2, 0.25) is 0 Å². The number of aromatic nitrogens is 2. The molecule has 6 heteroatoms. The molecule has 5 aromatic rings. The highest BCUT2D eigenvalue weighted by Gasteiger charge is 2.29. The summed E-state index contributed by atoms with van der Waals surface area (Å²) in [5, 5.41) is 3.15. The van der Waals surface area contributed by atoms with Crippen LogP contribution in [0.5, 0.6) is 11.5 Å². The molecule has 0 fully saturated rings. The van der Waals surface area contributed by atoms with E-state index in [2.05, 4.69) is 64.7 Å². The third-order valence-corrected chi connectivity index (χ3v) is 7.88. The van der Waals surface area contributed by atoms with Crippen LogP contribution >= 0.6 is 0 Å². The lowest BCUT2D eigenvalue weighted by molar-refractivity contribution is 0.102. The largest absolute Gasteiger partial charge is 0.497 e. The minimum atomic E-state index is -0.131. The fourth-order valence-electron chi connectivity index (χ4n) is 5.67. The minimum Gasteiger partial charge on any atom is -0.497 e. The lowest BCUT2D eigenvalue weighted by Gasteiger charge is -2.12. The molecule has 3 aromatic carbocycles. The summed E-state index contributed by atoms with van der Waals surface area (Å²) in [5.41, 5.74) is 10.5. The van der Waals surface area contributed by atoms with Crippen LogP contribution in [0.1, 0.15) is 40.0 Å². The summed E-state index contributed by atoms with van der Waals surface area (Å²) >= 11 is 0. The number of anilines is 1. The van der Waals surface area contributed by atoms with Gasteiger partial charge in [-0.2, -0.15) is 0 Å². The number of hydrogen-bond donors (Lipinski definition) is 1. The number of carbonyl (C=O) groups excluding carboxylic acids is 1. The van der Waals surface area contributed by atoms with Crippen LogP contribution in [0.15, 0.2) is 72.9 Å². The molecule has 2 aromatic heterocycles. The third kappa shape index (κ3) is 4.36. The number of imidazole rings is 1. The fourth-order valence-corrected chi connectivity index (χ4v) is 5.67. The Morgan fingerprint density at radius 1 is 0.821 bits per heavy atom. The van der Waals surface area contributed by atoms with Gasteiger partial charge in [-0.25, -0.2) is 0 Å². The third-order valence-electron chi connectivity index (χ3n) is 7.88. The standard InChI is InChI=1S/C33H33N3O3/c1-21-8-9-24(19-22(21)2)30-28-7-5-6-18-35-29(23-10-14-26(38-3)15-11-23)20-36(33(28)35)31(30)32(37)34-25-12-16-27(39-4)17-13-25/h8-17,19-20H,5-7,18H2,1-4H3,(H,34,37). The van der Waals surface area contributed by atoms with E-state index in [0.717, 1.165) is 71.0 Å². The Hall–Kier alpha value is -4.45. The number of aryl methyl sites for hydroxylation is 4. The molecule has 0 atom stereocenters. The molecular weight excluding hydrogens is 486 g/mol. The number of ether oxygens (including phenoxy) is 2. The van der Waals surface area contributed by atoms with Crippen LogP contribution in [0, 0.1) is 13.8 Å². The second-order valence-corrected chi connectivity index (χ2v) is 10.2. The van der Waals surface area contributed by atoms with Crippen molar-refractivity contribution < 1.29 is 14.3 Å². The van der Waals surface area contributed by atoms with Crippen molar-refractivity contribution in [3.8, 4) is 33.9 Å². The Labute approximate surface area is 228 Å². The van der Waals surface area contributed by atoms with E-state index in [1.807, 2.05) is 36.4 Å². The van der Waals surface area contributed by atoms with E-state index >= 15 is 0 Å². The quantitative estimate of drug-likeness (QED) is 0.256. The monoisotopic (exact) mass is 519 g/mol. The molecule has 1 aliphatic heterocycles. The van der Waals surface area contributed by atoms with Crippen molar-refractivity contribution in [2.45, 2.75) is 39.7 Å². The van der Waals surface area contributed by atoms with Crippen molar-refractivity contribution in [3.05, 3.63) is 95.3 Å². The summed E-state index contributed by atoms with van der Waals surface area (Å²) in [6.45, 7) is 5.16. The zero-order chi connectivity index (χ0) is 27.1. The highest BCUT2D eigenvalue weighted by molar-refractivity contribution is 6.10. The highest BCUT2D eigenvalue weighted by Crippen LogP contribution is 2.40. The Balaban J connectivity index is 1.57. The maximum Gasteiger partial charge on any atom is 0.273 e. The second-order valence-electron chi connectivity index (χ2n) is 10.2. The summed E-state index contributed by atoms with van der Waals surface area (Å²) in [6, 6.07) is 22.1. The van der Waals surface area contributed by atoms with Gasteiger partial charge in [-0.05, 0) is 104 Å². The van der Waals surface area contributed by atoms with Gasteiger partial charge in [0, 0.05) is 29.6 Å². The van der Waals surface area contributed by atoms with Crippen LogP contribution in [0.25, 0.3) is 28.0 Å². The number of amides is 1. The number of hydrogen-bond acceptors (Lipinski definition) is 3. The number of nitrogens with one attached hydrogen (secondary N) is 1. The molecule has 39 heavy (non-hydrogen) atoms. The topological polar surface area (TPSA) is 56.9 Å². The van der Waals surface area contributed by atoms with Crippen molar-refractivity contribution >= 4 is 17.2 Å². The van der Waals surface area contributed by atoms with Gasteiger partial charge in [-0.15, -0.1) is 0 Å². The molecule has 0 bridgehead atoms. The first-order chi connectivity index (χ1) is 19.0. The summed E-state index contributed by atoms with van der Waals surface area (Å²) in [7, 11) is 3.32. The maximum absolute atomic E-state index is 14.1. The Bertz CT molecular complexity index is 1670. The van der Waals surface area contributed by atoms with Crippen LogP contribution in [0.3, 0.4) is 0 Å². The highest BCUT2D eigenvalue weighted by atomic mass is 16.5. The molecule has 0 saturated carbocycles. The van der Waals surface area contributed by atoms with Crippen LogP contribution in [-0.2, 0) is 13.0 Å². The number of benzene rings is 3. The van der Waals surface area contributed by atoms with Crippen molar-refractivity contribution in [1.29, 1.82) is 0 Å². The number of rotatable bonds is 6. The predicted octanol–water partition coefficient (Wildman–Crippen LogP) is 7.30. The van der Waals surface area contributed by atoms with Crippen molar-refractivity contribution in [2.75, 3.05) is 19.5 Å². The molecule has 0 spiro atoms. The smallest absolute Gasteiger partial charge is 0.273 e. The average Bonchev–Trinajstić information content (AvgIpc) is 3.38. The van der Waals surface area contributed by atoms with E-state index in [1.54, 1.807) is 14.2 Å². The summed E-state index contributed by atoms with van der Waals surface area (Å²) in [4.78, 5) is 14.1. The Kier molecular flexibility index (Phi) is 6.39. The molecule has 198 valence electrons. The van der Waals surface area contributed by atoms with Crippen LogP contribution in [0.4, 0.5) is 5.69 Å². The Morgan fingerprint density at radius 2 is 1.49 bits per heavy atom. The SMILES string of the molecule is COc1ccc(NC(=O)c2c(-c3ccc(C)c(C)c3)c3c4n(c(-c5ccc(OC)cc5)cn24)CCCC3)cc1. The summed E-state index contributed by atoms with van der Waals surface area (Å²) in [6.07, 6.45) is 5.20. The maximum atomic E-state index is 14.1. The fraction of sp³-hybridized carbons (Fsp3) is 0.242. The molecule has 1 aliphatic rings. The lowest BCUT2D eigenvalue weighted by Crippen LogP contribution is -2.15. The second kappa shape index (κ2) is 10.0. The molecule has 1 N–H and O–H groups in total. The number of nitrogens with zero attached hydrogens (tertiary/aromatic N) is 2. The molecule has 1 amide bonds. The summed E-state index contributed by atoms with van der Waals surface area (Å²) in [5.74, 6) is 1.44. The van der Waals surface area contributed by atoms with Crippen molar-refractivity contribution in [3.63, 3.8) is 0 Å². The predicted molar refractivity (Wildman–Crippen MR) is 156 cm³/mol. The number of carbonyl (C=O) groups is 1. The average molecular weight is 520 g/mol. The molecule has 0 saturated heterocycles. The molecule has 6 rings (SSSR count). The molecule has 6 nitrogen and oxygen atoms in total. The van der Waals surface area contributed by atoms with E-state index in [4.69, 9.17) is 9.47 Å². The lowest BCUT2D eigenvalue weighted by atomic mass is 9.95. The first kappa shape index (κ1) is 24.9. The van der Waals surface area contributed by atoms with E-state index in [0.29, 0.717) is 5.69 Å². The van der Waals surface area contributed by atoms with Gasteiger partial charge in [0.25, 0.3) is 5.91 Å². The van der Waals surface area contributed by atoms with Gasteiger partial charge < -0.3 is 19.4 Å². The van der Waals surface area contributed by atoms with Crippen molar-refractivity contribution in [2.24, 2.45) is 0 Å². The van der Waals surface area contributed by atoms with E-state index in [9.17, 15) is 4.79 Å². The summed E-state index contributed by atoms with van der Waals surface area (Å²) < 4.78 is 15.2. The van der Waals surface area contributed by atoms with E-state index in [-0.39, 0.29) is 5.91 Å². The van der Waals surface area contributed by atoms with Gasteiger partial charge in [0.15, 0.2) is 0 Å². The first-order valence-corrected chi connectivity index (χ1v) is 13.4. The van der Waals surface area contributed by atoms with Crippen LogP contribution in [0.2, 0.25) is 0 Å². The molecule has 0 radical (unpaired) electrons. The van der Waals surface area contributed by atoms with Gasteiger partial charge in [-0.1, -0.05) is 18.2 Å². The first-order valence-electron chi connectivity index (χ1n) is 13.4. The zero-order valence-corrected chi connectivity index (χ0v) is 22.9. The van der Waals surface area contributed by atoms with E-state index < -0.39 is 0 Å². The normalized spacial score (nSPS) is 12.8. The van der Waals surface area contributed by atoms with E-state index in [1.165, 1.54) is 16.7 Å². The molecule has 3 heterocycles. The molecule has 0 unspecified atom stereocenters.